The maximum atomic E-state index is 12.1. The summed E-state index contributed by atoms with van der Waals surface area (Å²) in [5.74, 6) is -0.345. The van der Waals surface area contributed by atoms with Gasteiger partial charge in [0.05, 0.1) is 5.69 Å². The van der Waals surface area contributed by atoms with E-state index in [0.29, 0.717) is 11.6 Å². The molecule has 1 aromatic heterocycles. The first-order valence-electron chi connectivity index (χ1n) is 6.36. The summed E-state index contributed by atoms with van der Waals surface area (Å²) in [5, 5.41) is 13.6. The van der Waals surface area contributed by atoms with Crippen LogP contribution in [0.15, 0.2) is 5.38 Å². The zero-order valence-corrected chi connectivity index (χ0v) is 11.9. The molecule has 0 unspecified atom stereocenters. The second-order valence-corrected chi connectivity index (χ2v) is 5.91. The number of likely N-dealkylation sites (tertiary alicyclic amines) is 1. The molecule has 104 valence electrons. The molecule has 2 rings (SSSR count). The van der Waals surface area contributed by atoms with Gasteiger partial charge in [-0.25, -0.2) is 9.59 Å². The van der Waals surface area contributed by atoms with Gasteiger partial charge in [-0.3, -0.25) is 0 Å². The average Bonchev–Trinajstić information content (AvgIpc) is 2.72. The molecule has 0 saturated carbocycles. The van der Waals surface area contributed by atoms with Crippen molar-refractivity contribution in [3.8, 4) is 0 Å². The number of nitrogens with one attached hydrogen (secondary N) is 1. The number of carbonyl (C=O) groups is 2. The van der Waals surface area contributed by atoms with E-state index in [0.717, 1.165) is 42.8 Å². The van der Waals surface area contributed by atoms with E-state index in [9.17, 15) is 9.59 Å². The molecule has 0 aromatic carbocycles. The third-order valence-corrected chi connectivity index (χ3v) is 4.56. The number of hydrogen-bond acceptors (Lipinski definition) is 3. The number of urea groups is 1. The highest BCUT2D eigenvalue weighted by molar-refractivity contribution is 7.12. The number of aryl methyl sites for hydroxylation is 1. The lowest BCUT2D eigenvalue weighted by Crippen LogP contribution is -2.40. The summed E-state index contributed by atoms with van der Waals surface area (Å²) in [6.45, 7) is 5.45. The second-order valence-electron chi connectivity index (χ2n) is 5.03. The second kappa shape index (κ2) is 5.61. The minimum atomic E-state index is -0.999. The number of hydrogen-bond donors (Lipinski definition) is 2. The number of rotatable bonds is 2. The van der Waals surface area contributed by atoms with E-state index in [2.05, 4.69) is 12.2 Å². The molecule has 0 bridgehead atoms. The van der Waals surface area contributed by atoms with E-state index in [1.807, 2.05) is 0 Å². The first-order valence-corrected chi connectivity index (χ1v) is 7.24. The van der Waals surface area contributed by atoms with Crippen molar-refractivity contribution in [3.05, 3.63) is 15.8 Å². The lowest BCUT2D eigenvalue weighted by molar-refractivity contribution is 0.0703. The molecule has 2 amide bonds. The Kier molecular flexibility index (Phi) is 4.09. The van der Waals surface area contributed by atoms with Crippen molar-refractivity contribution in [2.75, 3.05) is 18.4 Å². The van der Waals surface area contributed by atoms with Crippen LogP contribution >= 0.6 is 11.3 Å². The normalized spacial score (nSPS) is 16.4. The summed E-state index contributed by atoms with van der Waals surface area (Å²) in [7, 11) is 0. The average molecular weight is 282 g/mol. The predicted octanol–water partition coefficient (Wildman–Crippen LogP) is 3.02. The molecule has 1 fully saturated rings. The molecule has 2 heterocycles. The van der Waals surface area contributed by atoms with Crippen LogP contribution in [0.1, 0.15) is 35.0 Å². The van der Waals surface area contributed by atoms with E-state index in [-0.39, 0.29) is 10.9 Å². The van der Waals surface area contributed by atoms with Crippen LogP contribution in [-0.2, 0) is 0 Å². The number of anilines is 1. The number of aromatic carboxylic acids is 1. The van der Waals surface area contributed by atoms with Gasteiger partial charge in [0.15, 0.2) is 0 Å². The van der Waals surface area contributed by atoms with Crippen molar-refractivity contribution >= 4 is 29.0 Å². The van der Waals surface area contributed by atoms with Crippen molar-refractivity contribution in [3.63, 3.8) is 0 Å². The number of nitrogens with zero attached hydrogens (tertiary/aromatic N) is 1. The Labute approximate surface area is 116 Å². The van der Waals surface area contributed by atoms with Gasteiger partial charge in [-0.15, -0.1) is 11.3 Å². The standard InChI is InChI=1S/C13H18N2O3S/c1-8-3-5-15(6-4-8)13(18)14-10-9(2)7-19-11(10)12(16)17/h7-8H,3-6H2,1-2H3,(H,14,18)(H,16,17). The Balaban J connectivity index is 2.07. The molecule has 0 atom stereocenters. The molecule has 0 aliphatic carbocycles. The lowest BCUT2D eigenvalue weighted by Gasteiger charge is -2.30. The fraction of sp³-hybridized carbons (Fsp3) is 0.538. The van der Waals surface area contributed by atoms with Gasteiger partial charge in [0.2, 0.25) is 0 Å². The topological polar surface area (TPSA) is 69.6 Å². The number of piperidine rings is 1. The zero-order chi connectivity index (χ0) is 14.0. The molecule has 0 spiro atoms. The highest BCUT2D eigenvalue weighted by atomic mass is 32.1. The van der Waals surface area contributed by atoms with Crippen LogP contribution in [0.3, 0.4) is 0 Å². The molecule has 1 aromatic rings. The number of carbonyl (C=O) groups excluding carboxylic acids is 1. The Morgan fingerprint density at radius 3 is 2.63 bits per heavy atom. The predicted molar refractivity (Wildman–Crippen MR) is 75.0 cm³/mol. The van der Waals surface area contributed by atoms with Gasteiger partial charge in [-0.2, -0.15) is 0 Å². The molecule has 2 N–H and O–H groups in total. The van der Waals surface area contributed by atoms with Crippen LogP contribution in [0.5, 0.6) is 0 Å². The summed E-state index contributed by atoms with van der Waals surface area (Å²) < 4.78 is 0. The molecule has 6 heteroatoms. The number of carboxylic acid groups (broad SMARTS) is 1. The van der Waals surface area contributed by atoms with Crippen LogP contribution in [0.25, 0.3) is 0 Å². The quantitative estimate of drug-likeness (QED) is 0.876. The van der Waals surface area contributed by atoms with E-state index >= 15 is 0 Å². The van der Waals surface area contributed by atoms with Crippen molar-refractivity contribution < 1.29 is 14.7 Å². The largest absolute Gasteiger partial charge is 0.477 e. The summed E-state index contributed by atoms with van der Waals surface area (Å²) in [6, 6.07) is -0.198. The van der Waals surface area contributed by atoms with Gasteiger partial charge in [-0.05, 0) is 36.6 Å². The molecule has 1 saturated heterocycles. The molecule has 19 heavy (non-hydrogen) atoms. The summed E-state index contributed by atoms with van der Waals surface area (Å²) in [4.78, 5) is 25.2. The van der Waals surface area contributed by atoms with Crippen LogP contribution in [0.2, 0.25) is 0 Å². The smallest absolute Gasteiger partial charge is 0.348 e. The minimum Gasteiger partial charge on any atom is -0.477 e. The third-order valence-electron chi connectivity index (χ3n) is 3.47. The van der Waals surface area contributed by atoms with Gasteiger partial charge in [-0.1, -0.05) is 6.92 Å². The lowest BCUT2D eigenvalue weighted by atomic mass is 10.00. The van der Waals surface area contributed by atoms with Crippen LogP contribution < -0.4 is 5.32 Å². The van der Waals surface area contributed by atoms with E-state index in [1.165, 1.54) is 0 Å². The fourth-order valence-corrected chi connectivity index (χ4v) is 3.00. The maximum Gasteiger partial charge on any atom is 0.348 e. The van der Waals surface area contributed by atoms with Crippen molar-refractivity contribution in [1.82, 2.24) is 4.90 Å². The van der Waals surface area contributed by atoms with Gasteiger partial charge >= 0.3 is 12.0 Å². The minimum absolute atomic E-state index is 0.191. The molecular formula is C13H18N2O3S. The van der Waals surface area contributed by atoms with E-state index < -0.39 is 5.97 Å². The van der Waals surface area contributed by atoms with Crippen molar-refractivity contribution in [2.45, 2.75) is 26.7 Å². The first-order chi connectivity index (χ1) is 8.99. The summed E-state index contributed by atoms with van der Waals surface area (Å²) in [6.07, 6.45) is 2.00. The van der Waals surface area contributed by atoms with Crippen LogP contribution in [0.4, 0.5) is 10.5 Å². The molecule has 1 aliphatic rings. The van der Waals surface area contributed by atoms with E-state index in [4.69, 9.17) is 5.11 Å². The Hall–Kier alpha value is -1.56. The zero-order valence-electron chi connectivity index (χ0n) is 11.1. The Bertz CT molecular complexity index is 490. The molecular weight excluding hydrogens is 264 g/mol. The number of carboxylic acids is 1. The third kappa shape index (κ3) is 3.07. The fourth-order valence-electron chi connectivity index (χ4n) is 2.15. The first kappa shape index (κ1) is 13.9. The highest BCUT2D eigenvalue weighted by Crippen LogP contribution is 2.28. The summed E-state index contributed by atoms with van der Waals surface area (Å²) in [5.41, 5.74) is 1.22. The van der Waals surface area contributed by atoms with Crippen molar-refractivity contribution in [1.29, 1.82) is 0 Å². The van der Waals surface area contributed by atoms with E-state index in [1.54, 1.807) is 17.2 Å². The molecule has 1 aliphatic heterocycles. The van der Waals surface area contributed by atoms with Crippen LogP contribution in [-0.4, -0.2) is 35.1 Å². The van der Waals surface area contributed by atoms with Gasteiger partial charge < -0.3 is 15.3 Å². The maximum absolute atomic E-state index is 12.1. The SMILES string of the molecule is Cc1csc(C(=O)O)c1NC(=O)N1CCC(C)CC1. The highest BCUT2D eigenvalue weighted by Gasteiger charge is 2.23. The van der Waals surface area contributed by atoms with Crippen molar-refractivity contribution in [2.24, 2.45) is 5.92 Å². The summed E-state index contributed by atoms with van der Waals surface area (Å²) >= 11 is 1.14. The van der Waals surface area contributed by atoms with Crippen LogP contribution in [0, 0.1) is 12.8 Å². The van der Waals surface area contributed by atoms with Gasteiger partial charge in [0, 0.05) is 13.1 Å². The monoisotopic (exact) mass is 282 g/mol. The Morgan fingerprint density at radius 1 is 1.42 bits per heavy atom. The van der Waals surface area contributed by atoms with Gasteiger partial charge in [0.1, 0.15) is 4.88 Å². The molecule has 5 nitrogen and oxygen atoms in total. The molecule has 0 radical (unpaired) electrons. The van der Waals surface area contributed by atoms with Gasteiger partial charge in [0.25, 0.3) is 0 Å². The Morgan fingerprint density at radius 2 is 2.05 bits per heavy atom. The number of amides is 2. The number of thiophene rings is 1.